The van der Waals surface area contributed by atoms with Crippen molar-refractivity contribution in [2.24, 2.45) is 0 Å². The van der Waals surface area contributed by atoms with Crippen LogP contribution in [0.4, 0.5) is 0 Å². The Morgan fingerprint density at radius 1 is 0.356 bits per heavy atom. The summed E-state index contributed by atoms with van der Waals surface area (Å²) in [5.41, 5.74) is 14.9. The van der Waals surface area contributed by atoms with Crippen LogP contribution in [0, 0.1) is 0 Å². The van der Waals surface area contributed by atoms with Gasteiger partial charge >= 0.3 is 0 Å². The predicted molar refractivity (Wildman–Crippen MR) is 242 cm³/mol. The van der Waals surface area contributed by atoms with Gasteiger partial charge in [0.05, 0.1) is 22.1 Å². The van der Waals surface area contributed by atoms with Gasteiger partial charge in [0.25, 0.3) is 0 Å². The lowest BCUT2D eigenvalue weighted by molar-refractivity contribution is 0.661. The molecule has 11 aromatic rings. The minimum atomic E-state index is -0.178. The first-order valence-electron chi connectivity index (χ1n) is 20.2. The summed E-state index contributed by atoms with van der Waals surface area (Å²) in [5, 5.41) is 4.79. The summed E-state index contributed by atoms with van der Waals surface area (Å²) >= 11 is 0. The number of rotatable bonds is 5. The Bertz CT molecular complexity index is 3390. The molecule has 0 N–H and O–H groups in total. The van der Waals surface area contributed by atoms with Crippen LogP contribution in [0.25, 0.3) is 100 Å². The lowest BCUT2D eigenvalue weighted by Gasteiger charge is -2.21. The molecule has 12 rings (SSSR count). The van der Waals surface area contributed by atoms with Gasteiger partial charge in [0.2, 0.25) is 5.95 Å². The van der Waals surface area contributed by atoms with Crippen LogP contribution in [0.1, 0.15) is 25.0 Å². The Labute approximate surface area is 341 Å². The summed E-state index contributed by atoms with van der Waals surface area (Å²) in [7, 11) is 0. The van der Waals surface area contributed by atoms with Gasteiger partial charge in [-0.15, -0.1) is 0 Å². The molecule has 0 radical (unpaired) electrons. The molecule has 5 nitrogen and oxygen atoms in total. The third-order valence-electron chi connectivity index (χ3n) is 12.4. The van der Waals surface area contributed by atoms with E-state index in [1.165, 1.54) is 44.1 Å². The van der Waals surface area contributed by atoms with Crippen LogP contribution in [0.3, 0.4) is 0 Å². The van der Waals surface area contributed by atoms with Crippen LogP contribution < -0.4 is 0 Å². The minimum Gasteiger partial charge on any atom is -0.309 e. The number of para-hydroxylation sites is 2. The summed E-state index contributed by atoms with van der Waals surface area (Å²) in [6.07, 6.45) is 0. The van der Waals surface area contributed by atoms with Crippen molar-refractivity contribution in [1.29, 1.82) is 0 Å². The molecule has 59 heavy (non-hydrogen) atoms. The molecule has 1 aliphatic carbocycles. The van der Waals surface area contributed by atoms with Crippen LogP contribution >= 0.6 is 0 Å². The number of nitrogens with zero attached hydrogens (tertiary/aromatic N) is 5. The molecular formula is C54H37N5. The number of hydrogen-bond acceptors (Lipinski definition) is 3. The zero-order valence-corrected chi connectivity index (χ0v) is 32.6. The summed E-state index contributed by atoms with van der Waals surface area (Å²) in [6.45, 7) is 4.67. The van der Waals surface area contributed by atoms with E-state index in [0.717, 1.165) is 49.7 Å². The van der Waals surface area contributed by atoms with Crippen molar-refractivity contribution >= 4 is 43.6 Å². The topological polar surface area (TPSA) is 48.5 Å². The van der Waals surface area contributed by atoms with Gasteiger partial charge in [0, 0.05) is 43.8 Å². The highest BCUT2D eigenvalue weighted by Gasteiger charge is 2.36. The fourth-order valence-corrected chi connectivity index (χ4v) is 9.51. The molecule has 3 heterocycles. The molecule has 278 valence electrons. The van der Waals surface area contributed by atoms with Crippen molar-refractivity contribution in [2.75, 3.05) is 0 Å². The largest absolute Gasteiger partial charge is 0.309 e. The maximum absolute atomic E-state index is 5.25. The second-order valence-electron chi connectivity index (χ2n) is 16.1. The van der Waals surface area contributed by atoms with Gasteiger partial charge in [0.15, 0.2) is 11.6 Å². The molecule has 0 saturated heterocycles. The van der Waals surface area contributed by atoms with Gasteiger partial charge in [-0.25, -0.2) is 4.98 Å². The van der Waals surface area contributed by atoms with Gasteiger partial charge in [-0.2, -0.15) is 9.97 Å². The maximum Gasteiger partial charge on any atom is 0.238 e. The SMILES string of the molecule is CC1(C)c2ccccc2-c2cc3c4cc(-c5ccc6c7ccccc7n(-c7ccccc7)c6c5)ccc4n(-c4nc(-c5ccccc5)nc(-c5ccccc5)n4)c3cc21. The van der Waals surface area contributed by atoms with Crippen molar-refractivity contribution in [3.8, 4) is 56.7 Å². The first-order valence-corrected chi connectivity index (χ1v) is 20.2. The molecule has 0 unspecified atom stereocenters. The fourth-order valence-electron chi connectivity index (χ4n) is 9.51. The zero-order chi connectivity index (χ0) is 39.2. The predicted octanol–water partition coefficient (Wildman–Crippen LogP) is 13.4. The number of hydrogen-bond donors (Lipinski definition) is 0. The fraction of sp³-hybridized carbons (Fsp3) is 0.0556. The van der Waals surface area contributed by atoms with Crippen LogP contribution in [-0.2, 0) is 5.41 Å². The van der Waals surface area contributed by atoms with Crippen LogP contribution in [0.5, 0.6) is 0 Å². The number of aromatic nitrogens is 5. The van der Waals surface area contributed by atoms with Crippen molar-refractivity contribution in [3.05, 3.63) is 199 Å². The molecule has 8 aromatic carbocycles. The molecule has 0 fully saturated rings. The lowest BCUT2D eigenvalue weighted by Crippen LogP contribution is -2.15. The molecule has 0 saturated carbocycles. The molecule has 0 atom stereocenters. The average molecular weight is 756 g/mol. The highest BCUT2D eigenvalue weighted by atomic mass is 15.2. The second-order valence-corrected chi connectivity index (χ2v) is 16.1. The monoisotopic (exact) mass is 755 g/mol. The highest BCUT2D eigenvalue weighted by Crippen LogP contribution is 2.51. The quantitative estimate of drug-likeness (QED) is 0.176. The van der Waals surface area contributed by atoms with Gasteiger partial charge < -0.3 is 4.57 Å². The molecule has 1 aliphatic rings. The van der Waals surface area contributed by atoms with Crippen molar-refractivity contribution < 1.29 is 0 Å². The molecule has 3 aromatic heterocycles. The molecular weight excluding hydrogens is 719 g/mol. The van der Waals surface area contributed by atoms with E-state index in [0.29, 0.717) is 17.6 Å². The van der Waals surface area contributed by atoms with E-state index in [9.17, 15) is 0 Å². The van der Waals surface area contributed by atoms with Crippen molar-refractivity contribution in [2.45, 2.75) is 19.3 Å². The van der Waals surface area contributed by atoms with Crippen LogP contribution in [-0.4, -0.2) is 24.1 Å². The van der Waals surface area contributed by atoms with Crippen molar-refractivity contribution in [3.63, 3.8) is 0 Å². The third-order valence-corrected chi connectivity index (χ3v) is 12.4. The summed E-state index contributed by atoms with van der Waals surface area (Å²) in [5.74, 6) is 1.86. The maximum atomic E-state index is 5.25. The molecule has 0 aliphatic heterocycles. The lowest BCUT2D eigenvalue weighted by atomic mass is 9.82. The third kappa shape index (κ3) is 5.08. The molecule has 0 amide bonds. The van der Waals surface area contributed by atoms with E-state index < -0.39 is 0 Å². The average Bonchev–Trinajstić information content (AvgIpc) is 3.88. The van der Waals surface area contributed by atoms with E-state index >= 15 is 0 Å². The van der Waals surface area contributed by atoms with E-state index in [1.807, 2.05) is 36.4 Å². The summed E-state index contributed by atoms with van der Waals surface area (Å²) in [6, 6.07) is 67.2. The highest BCUT2D eigenvalue weighted by molar-refractivity contribution is 6.13. The Hall–Kier alpha value is -7.63. The van der Waals surface area contributed by atoms with Crippen LogP contribution in [0.15, 0.2) is 188 Å². The van der Waals surface area contributed by atoms with Gasteiger partial charge in [-0.3, -0.25) is 4.57 Å². The van der Waals surface area contributed by atoms with Gasteiger partial charge in [-0.05, 0) is 81.9 Å². The standard InChI is InChI=1S/C54H37N5/c1-54(2)45-24-14-12-22-39(45)42-32-44-43-30-36(37-26-28-41-40-23-13-15-25-47(40)58(49(41)31-37)38-20-10-5-11-21-38)27-29-48(43)59(50(44)33-46(42)54)53-56-51(34-16-6-3-7-17-34)55-52(57-53)35-18-8-4-9-19-35/h3-33H,1-2H3. The van der Waals surface area contributed by atoms with E-state index in [2.05, 4.69) is 175 Å². The van der Waals surface area contributed by atoms with Gasteiger partial charge in [-0.1, -0.05) is 153 Å². The summed E-state index contributed by atoms with van der Waals surface area (Å²) in [4.78, 5) is 15.5. The second kappa shape index (κ2) is 12.7. The summed E-state index contributed by atoms with van der Waals surface area (Å²) < 4.78 is 4.64. The Kier molecular flexibility index (Phi) is 7.20. The molecule has 0 bridgehead atoms. The van der Waals surface area contributed by atoms with Gasteiger partial charge in [0.1, 0.15) is 0 Å². The Balaban J connectivity index is 1.14. The minimum absolute atomic E-state index is 0.178. The Morgan fingerprint density at radius 2 is 0.915 bits per heavy atom. The first kappa shape index (κ1) is 33.5. The Morgan fingerprint density at radius 3 is 1.66 bits per heavy atom. The van der Waals surface area contributed by atoms with E-state index in [1.54, 1.807) is 0 Å². The van der Waals surface area contributed by atoms with E-state index in [-0.39, 0.29) is 5.41 Å². The molecule has 0 spiro atoms. The number of fused-ring (bicyclic) bond motifs is 9. The van der Waals surface area contributed by atoms with Crippen molar-refractivity contribution in [1.82, 2.24) is 24.1 Å². The number of benzene rings is 8. The first-order chi connectivity index (χ1) is 29.0. The molecule has 5 heteroatoms. The smallest absolute Gasteiger partial charge is 0.238 e. The zero-order valence-electron chi connectivity index (χ0n) is 32.6. The normalized spacial score (nSPS) is 13.1. The van der Waals surface area contributed by atoms with E-state index in [4.69, 9.17) is 15.0 Å². The van der Waals surface area contributed by atoms with Crippen LogP contribution in [0.2, 0.25) is 0 Å².